The van der Waals surface area contributed by atoms with E-state index in [4.69, 9.17) is 17.3 Å². The van der Waals surface area contributed by atoms with Gasteiger partial charge in [-0.3, -0.25) is 4.79 Å². The number of carbonyl (C=O) groups excluding carboxylic acids is 1. The number of benzene rings is 1. The lowest BCUT2D eigenvalue weighted by Crippen LogP contribution is -2.31. The van der Waals surface area contributed by atoms with Crippen molar-refractivity contribution in [2.45, 2.75) is 26.7 Å². The van der Waals surface area contributed by atoms with E-state index >= 15 is 0 Å². The Morgan fingerprint density at radius 3 is 2.80 bits per heavy atom. The monoisotopic (exact) mass is 310 g/mol. The zero-order chi connectivity index (χ0) is 14.7. The highest BCUT2D eigenvalue weighted by Gasteiger charge is 2.20. The summed E-state index contributed by atoms with van der Waals surface area (Å²) in [4.78, 5) is 15.1. The van der Waals surface area contributed by atoms with Gasteiger partial charge in [-0.05, 0) is 31.5 Å². The van der Waals surface area contributed by atoms with Crippen LogP contribution in [-0.2, 0) is 0 Å². The molecule has 5 heteroatoms. The highest BCUT2D eigenvalue weighted by Crippen LogP contribution is 2.35. The fourth-order valence-electron chi connectivity index (χ4n) is 2.15. The average molecular weight is 311 g/mol. The Kier molecular flexibility index (Phi) is 4.89. The molecule has 0 saturated heterocycles. The zero-order valence-corrected chi connectivity index (χ0v) is 13.4. The molecule has 20 heavy (non-hydrogen) atoms. The molecule has 1 amide bonds. The van der Waals surface area contributed by atoms with Crippen LogP contribution in [0.4, 0.5) is 5.69 Å². The van der Waals surface area contributed by atoms with Gasteiger partial charge in [-0.2, -0.15) is 0 Å². The maximum absolute atomic E-state index is 12.6. The first-order valence-electron chi connectivity index (χ1n) is 6.85. The molecule has 1 aromatic heterocycles. The molecule has 108 valence electrons. The van der Waals surface area contributed by atoms with Crippen LogP contribution in [0.3, 0.4) is 0 Å². The lowest BCUT2D eigenvalue weighted by atomic mass is 10.2. The van der Waals surface area contributed by atoms with Gasteiger partial charge in [0.1, 0.15) is 4.88 Å². The van der Waals surface area contributed by atoms with Crippen LogP contribution in [0.5, 0.6) is 0 Å². The maximum Gasteiger partial charge on any atom is 0.266 e. The number of unbranched alkanes of at least 4 members (excludes halogenated alkanes) is 1. The summed E-state index contributed by atoms with van der Waals surface area (Å²) < 4.78 is 0.963. The van der Waals surface area contributed by atoms with Crippen molar-refractivity contribution in [1.29, 1.82) is 0 Å². The first kappa shape index (κ1) is 15.1. The van der Waals surface area contributed by atoms with Gasteiger partial charge < -0.3 is 10.6 Å². The smallest absolute Gasteiger partial charge is 0.266 e. The van der Waals surface area contributed by atoms with Crippen LogP contribution >= 0.6 is 22.9 Å². The number of rotatable bonds is 5. The minimum absolute atomic E-state index is 0.0239. The predicted octanol–water partition coefficient (Wildman–Crippen LogP) is 4.40. The van der Waals surface area contributed by atoms with Crippen molar-refractivity contribution in [2.24, 2.45) is 0 Å². The number of carbonyl (C=O) groups is 1. The second-order valence-electron chi connectivity index (χ2n) is 4.72. The molecule has 0 spiro atoms. The van der Waals surface area contributed by atoms with Crippen molar-refractivity contribution < 1.29 is 4.79 Å². The van der Waals surface area contributed by atoms with Gasteiger partial charge >= 0.3 is 0 Å². The summed E-state index contributed by atoms with van der Waals surface area (Å²) in [5.74, 6) is 0.0239. The summed E-state index contributed by atoms with van der Waals surface area (Å²) in [5.41, 5.74) is 6.70. The van der Waals surface area contributed by atoms with Crippen molar-refractivity contribution in [2.75, 3.05) is 18.8 Å². The van der Waals surface area contributed by atoms with Gasteiger partial charge in [-0.1, -0.05) is 24.9 Å². The molecular formula is C15H19ClN2OS. The zero-order valence-electron chi connectivity index (χ0n) is 11.8. The van der Waals surface area contributed by atoms with Crippen LogP contribution in [0.25, 0.3) is 10.1 Å². The third-order valence-corrected chi connectivity index (χ3v) is 4.73. The van der Waals surface area contributed by atoms with Gasteiger partial charge in [0, 0.05) is 28.2 Å². The summed E-state index contributed by atoms with van der Waals surface area (Å²) >= 11 is 7.41. The molecule has 2 rings (SSSR count). The molecular weight excluding hydrogens is 292 g/mol. The van der Waals surface area contributed by atoms with Crippen LogP contribution in [-0.4, -0.2) is 23.9 Å². The number of nitrogens with zero attached hydrogens (tertiary/aromatic N) is 1. The summed E-state index contributed by atoms with van der Waals surface area (Å²) in [6.45, 7) is 5.59. The largest absolute Gasteiger partial charge is 0.397 e. The second kappa shape index (κ2) is 6.46. The Morgan fingerprint density at radius 2 is 2.15 bits per heavy atom. The van der Waals surface area contributed by atoms with Gasteiger partial charge in [0.15, 0.2) is 0 Å². The maximum atomic E-state index is 12.6. The van der Waals surface area contributed by atoms with E-state index < -0.39 is 0 Å². The van der Waals surface area contributed by atoms with Crippen molar-refractivity contribution in [3.63, 3.8) is 0 Å². The average Bonchev–Trinajstić information content (AvgIpc) is 2.76. The van der Waals surface area contributed by atoms with Crippen molar-refractivity contribution in [1.82, 2.24) is 4.90 Å². The minimum Gasteiger partial charge on any atom is -0.397 e. The van der Waals surface area contributed by atoms with Gasteiger partial charge in [0.25, 0.3) is 5.91 Å². The van der Waals surface area contributed by atoms with Crippen molar-refractivity contribution >= 4 is 44.6 Å². The number of anilines is 1. The van der Waals surface area contributed by atoms with Crippen LogP contribution < -0.4 is 5.73 Å². The number of hydrogen-bond acceptors (Lipinski definition) is 3. The number of hydrogen-bond donors (Lipinski definition) is 1. The predicted molar refractivity (Wildman–Crippen MR) is 87.7 cm³/mol. The van der Waals surface area contributed by atoms with Crippen molar-refractivity contribution in [3.05, 3.63) is 28.1 Å². The van der Waals surface area contributed by atoms with E-state index in [1.54, 1.807) is 6.07 Å². The molecule has 0 aliphatic rings. The Bertz CT molecular complexity index is 624. The van der Waals surface area contributed by atoms with Gasteiger partial charge in [0.05, 0.1) is 5.69 Å². The summed E-state index contributed by atoms with van der Waals surface area (Å²) in [7, 11) is 0. The molecule has 2 N–H and O–H groups in total. The first-order chi connectivity index (χ1) is 9.58. The third kappa shape index (κ3) is 2.91. The Labute approximate surface area is 128 Å². The number of thiophene rings is 1. The van der Waals surface area contributed by atoms with Gasteiger partial charge in [-0.15, -0.1) is 11.3 Å². The van der Waals surface area contributed by atoms with E-state index in [1.807, 2.05) is 24.0 Å². The van der Waals surface area contributed by atoms with Crippen molar-refractivity contribution in [3.8, 4) is 0 Å². The summed E-state index contributed by atoms with van der Waals surface area (Å²) in [6.07, 6.45) is 2.08. The van der Waals surface area contributed by atoms with Gasteiger partial charge in [-0.25, -0.2) is 0 Å². The standard InChI is InChI=1S/C15H19ClN2OS/c1-3-5-8-18(4-2)15(19)14-13(17)11-7-6-10(16)9-12(11)20-14/h6-7,9H,3-5,8,17H2,1-2H3. The van der Waals surface area contributed by atoms with E-state index in [0.717, 1.165) is 29.5 Å². The third-order valence-electron chi connectivity index (χ3n) is 3.34. The highest BCUT2D eigenvalue weighted by molar-refractivity contribution is 7.21. The molecule has 0 radical (unpaired) electrons. The van der Waals surface area contributed by atoms with Crippen LogP contribution in [0.2, 0.25) is 5.02 Å². The van der Waals surface area contributed by atoms with Crippen LogP contribution in [0.1, 0.15) is 36.4 Å². The number of fused-ring (bicyclic) bond motifs is 1. The molecule has 0 atom stereocenters. The lowest BCUT2D eigenvalue weighted by molar-refractivity contribution is 0.0768. The first-order valence-corrected chi connectivity index (χ1v) is 8.04. The quantitative estimate of drug-likeness (QED) is 0.889. The molecule has 0 fully saturated rings. The molecule has 0 aliphatic heterocycles. The molecule has 0 saturated carbocycles. The molecule has 3 nitrogen and oxygen atoms in total. The summed E-state index contributed by atoms with van der Waals surface area (Å²) in [5, 5.41) is 1.57. The lowest BCUT2D eigenvalue weighted by Gasteiger charge is -2.20. The van der Waals surface area contributed by atoms with Gasteiger partial charge in [0.2, 0.25) is 0 Å². The summed E-state index contributed by atoms with van der Waals surface area (Å²) in [6, 6.07) is 5.54. The SMILES string of the molecule is CCCCN(CC)C(=O)c1sc2cc(Cl)ccc2c1N. The number of halogens is 1. The Balaban J connectivity index is 2.36. The number of nitrogens with two attached hydrogens (primary N) is 1. The molecule has 0 unspecified atom stereocenters. The van der Waals surface area contributed by atoms with E-state index in [1.165, 1.54) is 11.3 Å². The van der Waals surface area contributed by atoms with E-state index in [-0.39, 0.29) is 5.91 Å². The number of amides is 1. The van der Waals surface area contributed by atoms with E-state index in [9.17, 15) is 4.79 Å². The Hall–Kier alpha value is -1.26. The number of nitrogen functional groups attached to an aromatic ring is 1. The normalized spacial score (nSPS) is 10.9. The minimum atomic E-state index is 0.0239. The van der Waals surface area contributed by atoms with Crippen LogP contribution in [0.15, 0.2) is 18.2 Å². The highest BCUT2D eigenvalue weighted by atomic mass is 35.5. The fourth-order valence-corrected chi connectivity index (χ4v) is 3.51. The molecule has 1 heterocycles. The van der Waals surface area contributed by atoms with Crippen LogP contribution in [0, 0.1) is 0 Å². The van der Waals surface area contributed by atoms with E-state index in [2.05, 4.69) is 6.92 Å². The van der Waals surface area contributed by atoms with E-state index in [0.29, 0.717) is 22.1 Å². The second-order valence-corrected chi connectivity index (χ2v) is 6.21. The molecule has 1 aromatic carbocycles. The molecule has 0 bridgehead atoms. The topological polar surface area (TPSA) is 46.3 Å². The fraction of sp³-hybridized carbons (Fsp3) is 0.400. The molecule has 0 aliphatic carbocycles. The Morgan fingerprint density at radius 1 is 1.40 bits per heavy atom. The molecule has 2 aromatic rings.